The van der Waals surface area contributed by atoms with Gasteiger partial charge >= 0.3 is 0 Å². The zero-order valence-corrected chi connectivity index (χ0v) is 11.9. The molecule has 0 radical (unpaired) electrons. The van der Waals surface area contributed by atoms with Crippen molar-refractivity contribution in [2.75, 3.05) is 19.5 Å². The summed E-state index contributed by atoms with van der Waals surface area (Å²) in [6, 6.07) is 4.36. The largest absolute Gasteiger partial charge is 0.496 e. The van der Waals surface area contributed by atoms with Crippen LogP contribution < -0.4 is 14.8 Å². The summed E-state index contributed by atoms with van der Waals surface area (Å²) in [4.78, 5) is 0. The van der Waals surface area contributed by atoms with Crippen molar-refractivity contribution in [3.63, 3.8) is 0 Å². The summed E-state index contributed by atoms with van der Waals surface area (Å²) in [5.41, 5.74) is 2.01. The summed E-state index contributed by atoms with van der Waals surface area (Å²) in [7, 11) is 3.34. The molecule has 0 spiro atoms. The van der Waals surface area contributed by atoms with Gasteiger partial charge in [-0.25, -0.2) is 0 Å². The molecular formula is C15H23NO3. The minimum absolute atomic E-state index is 0.127. The Morgan fingerprint density at radius 3 is 2.37 bits per heavy atom. The first-order valence-corrected chi connectivity index (χ1v) is 6.82. The molecule has 0 aliphatic heterocycles. The Labute approximate surface area is 114 Å². The van der Waals surface area contributed by atoms with Crippen LogP contribution in [0, 0.1) is 6.92 Å². The van der Waals surface area contributed by atoms with E-state index in [-0.39, 0.29) is 6.10 Å². The van der Waals surface area contributed by atoms with E-state index in [0.29, 0.717) is 6.04 Å². The molecule has 1 aliphatic carbocycles. The van der Waals surface area contributed by atoms with Crippen LogP contribution in [0.2, 0.25) is 0 Å². The molecule has 1 aliphatic rings. The van der Waals surface area contributed by atoms with E-state index >= 15 is 0 Å². The van der Waals surface area contributed by atoms with Gasteiger partial charge in [-0.1, -0.05) is 0 Å². The first-order valence-electron chi connectivity index (χ1n) is 6.82. The first kappa shape index (κ1) is 14.0. The molecule has 0 saturated heterocycles. The number of aliphatic hydroxyl groups excluding tert-OH is 1. The molecule has 4 heteroatoms. The van der Waals surface area contributed by atoms with E-state index in [1.54, 1.807) is 14.2 Å². The van der Waals surface area contributed by atoms with Crippen molar-refractivity contribution < 1.29 is 14.6 Å². The fraction of sp³-hybridized carbons (Fsp3) is 0.600. The number of nitrogens with one attached hydrogen (secondary N) is 1. The fourth-order valence-electron chi connectivity index (χ4n) is 2.71. The predicted octanol–water partition coefficient (Wildman–Crippen LogP) is 2.73. The van der Waals surface area contributed by atoms with Crippen molar-refractivity contribution in [1.29, 1.82) is 0 Å². The average Bonchev–Trinajstić information content (AvgIpc) is 2.42. The second kappa shape index (κ2) is 6.15. The third-order valence-corrected chi connectivity index (χ3v) is 3.84. The molecule has 2 N–H and O–H groups in total. The van der Waals surface area contributed by atoms with Crippen molar-refractivity contribution >= 4 is 5.69 Å². The second-order valence-electron chi connectivity index (χ2n) is 5.12. The SMILES string of the molecule is COc1ccc(NC2CCC(O)CC2)c(OC)c1C. The van der Waals surface area contributed by atoms with Crippen molar-refractivity contribution in [3.8, 4) is 11.5 Å². The maximum absolute atomic E-state index is 9.54. The maximum Gasteiger partial charge on any atom is 0.148 e. The molecule has 0 unspecified atom stereocenters. The fourth-order valence-corrected chi connectivity index (χ4v) is 2.71. The van der Waals surface area contributed by atoms with E-state index in [4.69, 9.17) is 9.47 Å². The van der Waals surface area contributed by atoms with E-state index in [2.05, 4.69) is 5.32 Å². The lowest BCUT2D eigenvalue weighted by Crippen LogP contribution is -2.28. The highest BCUT2D eigenvalue weighted by molar-refractivity contribution is 5.64. The smallest absolute Gasteiger partial charge is 0.148 e. The van der Waals surface area contributed by atoms with Gasteiger partial charge < -0.3 is 19.9 Å². The van der Waals surface area contributed by atoms with Crippen LogP contribution in [0.25, 0.3) is 0 Å². The van der Waals surface area contributed by atoms with Gasteiger partial charge in [-0.15, -0.1) is 0 Å². The molecule has 19 heavy (non-hydrogen) atoms. The number of anilines is 1. The Hall–Kier alpha value is -1.42. The minimum atomic E-state index is -0.127. The first-order chi connectivity index (χ1) is 9.15. The van der Waals surface area contributed by atoms with Crippen molar-refractivity contribution in [2.24, 2.45) is 0 Å². The zero-order chi connectivity index (χ0) is 13.8. The van der Waals surface area contributed by atoms with Gasteiger partial charge in [-0.2, -0.15) is 0 Å². The van der Waals surface area contributed by atoms with Crippen LogP contribution in [0.5, 0.6) is 11.5 Å². The molecule has 0 aromatic heterocycles. The topological polar surface area (TPSA) is 50.7 Å². The van der Waals surface area contributed by atoms with Crippen molar-refractivity contribution in [3.05, 3.63) is 17.7 Å². The normalized spacial score (nSPS) is 22.9. The van der Waals surface area contributed by atoms with Crippen LogP contribution in [0.3, 0.4) is 0 Å². The number of hydrogen-bond acceptors (Lipinski definition) is 4. The highest BCUT2D eigenvalue weighted by Crippen LogP contribution is 2.36. The quantitative estimate of drug-likeness (QED) is 0.879. The Morgan fingerprint density at radius 2 is 1.79 bits per heavy atom. The summed E-state index contributed by atoms with van der Waals surface area (Å²) in [6.45, 7) is 1.99. The van der Waals surface area contributed by atoms with Gasteiger partial charge in [0.25, 0.3) is 0 Å². The average molecular weight is 265 g/mol. The number of hydrogen-bond donors (Lipinski definition) is 2. The Balaban J connectivity index is 2.14. The lowest BCUT2D eigenvalue weighted by Gasteiger charge is -2.28. The highest BCUT2D eigenvalue weighted by atomic mass is 16.5. The third kappa shape index (κ3) is 3.13. The van der Waals surface area contributed by atoms with E-state index in [1.807, 2.05) is 19.1 Å². The van der Waals surface area contributed by atoms with Gasteiger partial charge in [0.2, 0.25) is 0 Å². The summed E-state index contributed by atoms with van der Waals surface area (Å²) in [6.07, 6.45) is 3.60. The van der Waals surface area contributed by atoms with Crippen molar-refractivity contribution in [2.45, 2.75) is 44.8 Å². The highest BCUT2D eigenvalue weighted by Gasteiger charge is 2.21. The molecule has 1 aromatic carbocycles. The monoisotopic (exact) mass is 265 g/mol. The number of ether oxygens (including phenoxy) is 2. The molecule has 0 heterocycles. The van der Waals surface area contributed by atoms with Crippen molar-refractivity contribution in [1.82, 2.24) is 0 Å². The maximum atomic E-state index is 9.54. The van der Waals surface area contributed by atoms with Crippen LogP contribution in [-0.2, 0) is 0 Å². The molecule has 2 rings (SSSR count). The Bertz CT molecular complexity index is 426. The Morgan fingerprint density at radius 1 is 1.11 bits per heavy atom. The van der Waals surface area contributed by atoms with E-state index < -0.39 is 0 Å². The van der Waals surface area contributed by atoms with Gasteiger partial charge in [0.15, 0.2) is 0 Å². The van der Waals surface area contributed by atoms with Crippen LogP contribution in [0.15, 0.2) is 12.1 Å². The molecule has 4 nitrogen and oxygen atoms in total. The Kier molecular flexibility index (Phi) is 4.53. The van der Waals surface area contributed by atoms with Gasteiger partial charge in [0, 0.05) is 11.6 Å². The summed E-state index contributed by atoms with van der Waals surface area (Å²) < 4.78 is 10.8. The molecular weight excluding hydrogens is 242 g/mol. The lowest BCUT2D eigenvalue weighted by molar-refractivity contribution is 0.126. The summed E-state index contributed by atoms with van der Waals surface area (Å²) in [5, 5.41) is 13.1. The molecule has 1 fully saturated rings. The van der Waals surface area contributed by atoms with Gasteiger partial charge in [-0.05, 0) is 44.7 Å². The van der Waals surface area contributed by atoms with Gasteiger partial charge in [-0.3, -0.25) is 0 Å². The number of aliphatic hydroxyl groups is 1. The number of benzene rings is 1. The molecule has 1 saturated carbocycles. The van der Waals surface area contributed by atoms with Gasteiger partial charge in [0.05, 0.1) is 26.0 Å². The zero-order valence-electron chi connectivity index (χ0n) is 11.9. The minimum Gasteiger partial charge on any atom is -0.496 e. The molecule has 0 atom stereocenters. The van der Waals surface area contributed by atoms with Gasteiger partial charge in [0.1, 0.15) is 11.5 Å². The molecule has 0 amide bonds. The van der Waals surface area contributed by atoms with Crippen LogP contribution >= 0.6 is 0 Å². The number of methoxy groups -OCH3 is 2. The summed E-state index contributed by atoms with van der Waals surface area (Å²) >= 11 is 0. The van der Waals surface area contributed by atoms with Crippen LogP contribution in [0.4, 0.5) is 5.69 Å². The predicted molar refractivity (Wildman–Crippen MR) is 76.2 cm³/mol. The lowest BCUT2D eigenvalue weighted by atomic mass is 9.93. The van der Waals surface area contributed by atoms with Crippen LogP contribution in [-0.4, -0.2) is 31.5 Å². The molecule has 0 bridgehead atoms. The summed E-state index contributed by atoms with van der Waals surface area (Å²) in [5.74, 6) is 1.67. The standard InChI is InChI=1S/C15H23NO3/c1-10-14(18-2)9-8-13(15(10)19-3)16-11-4-6-12(17)7-5-11/h8-9,11-12,16-17H,4-7H2,1-3H3. The number of rotatable bonds is 4. The van der Waals surface area contributed by atoms with E-state index in [1.165, 1.54) is 0 Å². The second-order valence-corrected chi connectivity index (χ2v) is 5.12. The molecule has 1 aromatic rings. The van der Waals surface area contributed by atoms with E-state index in [0.717, 1.165) is 48.4 Å². The third-order valence-electron chi connectivity index (χ3n) is 3.84. The van der Waals surface area contributed by atoms with Crippen LogP contribution in [0.1, 0.15) is 31.2 Å². The molecule has 106 valence electrons. The van der Waals surface area contributed by atoms with E-state index in [9.17, 15) is 5.11 Å².